The van der Waals surface area contributed by atoms with Gasteiger partial charge in [-0.25, -0.2) is 5.43 Å². The van der Waals surface area contributed by atoms with Gasteiger partial charge in [-0.1, -0.05) is 18.2 Å². The fraction of sp³-hybridized carbons (Fsp3) is 0.176. The molecule has 0 saturated heterocycles. The van der Waals surface area contributed by atoms with Gasteiger partial charge in [-0.2, -0.15) is 5.10 Å². The highest BCUT2D eigenvalue weighted by Crippen LogP contribution is 2.27. The van der Waals surface area contributed by atoms with Crippen LogP contribution < -0.4 is 10.2 Å². The molecule has 2 N–H and O–H groups in total. The standard InChI is InChI=1S/C17H17N3O5/c1-11-6-7-15(14(8-11)20(23)24)25-10-16(21)19-18-9-13-5-3-4-12(2)17(13)22/h3-9,22H,10H2,1-2H3,(H,19,21). The molecule has 0 atom stereocenters. The molecule has 0 aliphatic heterocycles. The number of phenols is 1. The Balaban J connectivity index is 1.94. The molecule has 0 aliphatic rings. The number of ether oxygens (including phenoxy) is 1. The van der Waals surface area contributed by atoms with Crippen molar-refractivity contribution in [2.45, 2.75) is 13.8 Å². The van der Waals surface area contributed by atoms with Crippen molar-refractivity contribution in [2.75, 3.05) is 6.61 Å². The predicted octanol–water partition coefficient (Wildman–Crippen LogP) is 2.45. The molecule has 2 rings (SSSR count). The highest BCUT2D eigenvalue weighted by Gasteiger charge is 2.16. The summed E-state index contributed by atoms with van der Waals surface area (Å²) < 4.78 is 5.18. The quantitative estimate of drug-likeness (QED) is 0.475. The number of hydrogen-bond acceptors (Lipinski definition) is 6. The minimum absolute atomic E-state index is 0.00561. The number of nitrogens with one attached hydrogen (secondary N) is 1. The van der Waals surface area contributed by atoms with Crippen LogP contribution in [0.1, 0.15) is 16.7 Å². The van der Waals surface area contributed by atoms with Crippen molar-refractivity contribution < 1.29 is 19.6 Å². The van der Waals surface area contributed by atoms with Crippen molar-refractivity contribution in [1.29, 1.82) is 0 Å². The number of benzene rings is 2. The zero-order chi connectivity index (χ0) is 18.4. The van der Waals surface area contributed by atoms with Crippen molar-refractivity contribution >= 4 is 17.8 Å². The maximum atomic E-state index is 11.7. The Morgan fingerprint density at radius 1 is 1.36 bits per heavy atom. The lowest BCUT2D eigenvalue weighted by molar-refractivity contribution is -0.385. The van der Waals surface area contributed by atoms with Crippen molar-refractivity contribution in [1.82, 2.24) is 5.43 Å². The number of phenolic OH excluding ortho intramolecular Hbond substituents is 1. The molecule has 0 aromatic heterocycles. The van der Waals surface area contributed by atoms with E-state index >= 15 is 0 Å². The SMILES string of the molecule is Cc1ccc(OCC(=O)NN=Cc2cccc(C)c2O)c([N+](=O)[O-])c1. The van der Waals surface area contributed by atoms with E-state index in [4.69, 9.17) is 4.74 Å². The number of nitro benzene ring substituents is 1. The predicted molar refractivity (Wildman–Crippen MR) is 91.9 cm³/mol. The molecule has 130 valence electrons. The third-order valence-electron chi connectivity index (χ3n) is 3.33. The molecule has 2 aromatic carbocycles. The molecular formula is C17H17N3O5. The molecule has 0 radical (unpaired) electrons. The van der Waals surface area contributed by atoms with E-state index in [-0.39, 0.29) is 17.2 Å². The van der Waals surface area contributed by atoms with Crippen molar-refractivity contribution in [3.05, 3.63) is 63.2 Å². The van der Waals surface area contributed by atoms with Gasteiger partial charge in [0.15, 0.2) is 12.4 Å². The summed E-state index contributed by atoms with van der Waals surface area (Å²) in [6.45, 7) is 3.04. The summed E-state index contributed by atoms with van der Waals surface area (Å²) in [5.74, 6) is -0.503. The highest BCUT2D eigenvalue weighted by atomic mass is 16.6. The fourth-order valence-corrected chi connectivity index (χ4v) is 2.03. The molecule has 8 nitrogen and oxygen atoms in total. The minimum Gasteiger partial charge on any atom is -0.507 e. The van der Waals surface area contributed by atoms with E-state index in [1.807, 2.05) is 0 Å². The van der Waals surface area contributed by atoms with Gasteiger partial charge in [0.1, 0.15) is 5.75 Å². The van der Waals surface area contributed by atoms with E-state index in [2.05, 4.69) is 10.5 Å². The van der Waals surface area contributed by atoms with Crippen LogP contribution in [0.25, 0.3) is 0 Å². The maximum Gasteiger partial charge on any atom is 0.311 e. The number of rotatable bonds is 6. The summed E-state index contributed by atoms with van der Waals surface area (Å²) in [6, 6.07) is 9.59. The molecule has 0 bridgehead atoms. The molecule has 0 spiro atoms. The molecule has 0 fully saturated rings. The Bertz CT molecular complexity index is 833. The average molecular weight is 343 g/mol. The first kappa shape index (κ1) is 17.9. The lowest BCUT2D eigenvalue weighted by Crippen LogP contribution is -2.24. The molecule has 0 aliphatic carbocycles. The lowest BCUT2D eigenvalue weighted by Gasteiger charge is -2.06. The zero-order valence-corrected chi connectivity index (χ0v) is 13.7. The van der Waals surface area contributed by atoms with Gasteiger partial charge < -0.3 is 9.84 Å². The molecule has 0 saturated carbocycles. The Morgan fingerprint density at radius 3 is 2.84 bits per heavy atom. The Morgan fingerprint density at radius 2 is 2.12 bits per heavy atom. The summed E-state index contributed by atoms with van der Waals surface area (Å²) in [4.78, 5) is 22.1. The number of carbonyl (C=O) groups is 1. The fourth-order valence-electron chi connectivity index (χ4n) is 2.03. The van der Waals surface area contributed by atoms with E-state index in [1.54, 1.807) is 38.1 Å². The van der Waals surface area contributed by atoms with Gasteiger partial charge in [0, 0.05) is 11.6 Å². The molecule has 0 unspecified atom stereocenters. The van der Waals surface area contributed by atoms with E-state index in [0.29, 0.717) is 16.7 Å². The van der Waals surface area contributed by atoms with Crippen LogP contribution in [-0.4, -0.2) is 28.8 Å². The van der Waals surface area contributed by atoms with E-state index < -0.39 is 17.4 Å². The number of amides is 1. The van der Waals surface area contributed by atoms with Gasteiger partial charge in [-0.3, -0.25) is 14.9 Å². The number of hydrogen-bond donors (Lipinski definition) is 2. The van der Waals surface area contributed by atoms with E-state index in [0.717, 1.165) is 0 Å². The topological polar surface area (TPSA) is 114 Å². The molecule has 8 heteroatoms. The van der Waals surface area contributed by atoms with Crippen molar-refractivity contribution in [2.24, 2.45) is 5.10 Å². The van der Waals surface area contributed by atoms with Gasteiger partial charge >= 0.3 is 5.69 Å². The monoisotopic (exact) mass is 343 g/mol. The number of nitrogens with zero attached hydrogens (tertiary/aromatic N) is 2. The van der Waals surface area contributed by atoms with E-state index in [1.165, 1.54) is 18.3 Å². The van der Waals surface area contributed by atoms with Crippen LogP contribution in [0.5, 0.6) is 11.5 Å². The second-order valence-corrected chi connectivity index (χ2v) is 5.32. The van der Waals surface area contributed by atoms with Crippen LogP contribution in [0, 0.1) is 24.0 Å². The van der Waals surface area contributed by atoms with Crippen LogP contribution in [-0.2, 0) is 4.79 Å². The summed E-state index contributed by atoms with van der Waals surface area (Å²) >= 11 is 0. The first-order valence-corrected chi connectivity index (χ1v) is 7.37. The van der Waals surface area contributed by atoms with Crippen LogP contribution in [0.4, 0.5) is 5.69 Å². The molecule has 25 heavy (non-hydrogen) atoms. The Kier molecular flexibility index (Phi) is 5.67. The second kappa shape index (κ2) is 7.91. The van der Waals surface area contributed by atoms with Gasteiger partial charge in [0.05, 0.1) is 11.1 Å². The third kappa shape index (κ3) is 4.77. The molecule has 2 aromatic rings. The van der Waals surface area contributed by atoms with Crippen molar-refractivity contribution in [3.63, 3.8) is 0 Å². The van der Waals surface area contributed by atoms with Gasteiger partial charge in [-0.15, -0.1) is 0 Å². The number of nitro groups is 1. The number of carbonyl (C=O) groups excluding carboxylic acids is 1. The second-order valence-electron chi connectivity index (χ2n) is 5.32. The Labute approximate surface area is 143 Å². The van der Waals surface area contributed by atoms with Gasteiger partial charge in [-0.05, 0) is 37.1 Å². The van der Waals surface area contributed by atoms with E-state index in [9.17, 15) is 20.0 Å². The number of hydrazone groups is 1. The average Bonchev–Trinajstić information content (AvgIpc) is 2.57. The first-order valence-electron chi connectivity index (χ1n) is 7.37. The minimum atomic E-state index is -0.585. The number of aryl methyl sites for hydroxylation is 2. The maximum absolute atomic E-state index is 11.7. The Hall–Kier alpha value is -3.42. The van der Waals surface area contributed by atoms with Crippen LogP contribution >= 0.6 is 0 Å². The van der Waals surface area contributed by atoms with Gasteiger partial charge in [0.25, 0.3) is 5.91 Å². The van der Waals surface area contributed by atoms with Crippen LogP contribution in [0.3, 0.4) is 0 Å². The largest absolute Gasteiger partial charge is 0.507 e. The first-order chi connectivity index (χ1) is 11.9. The number of para-hydroxylation sites is 1. The molecular weight excluding hydrogens is 326 g/mol. The lowest BCUT2D eigenvalue weighted by atomic mass is 10.1. The summed E-state index contributed by atoms with van der Waals surface area (Å²) in [5.41, 5.74) is 3.88. The van der Waals surface area contributed by atoms with Crippen molar-refractivity contribution in [3.8, 4) is 11.5 Å². The van der Waals surface area contributed by atoms with Gasteiger partial charge in [0.2, 0.25) is 0 Å². The third-order valence-corrected chi connectivity index (χ3v) is 3.33. The summed E-state index contributed by atoms with van der Waals surface area (Å²) in [7, 11) is 0. The smallest absolute Gasteiger partial charge is 0.311 e. The zero-order valence-electron chi connectivity index (χ0n) is 13.7. The van der Waals surface area contributed by atoms with Crippen LogP contribution in [0.15, 0.2) is 41.5 Å². The highest BCUT2D eigenvalue weighted by molar-refractivity contribution is 5.85. The summed E-state index contributed by atoms with van der Waals surface area (Å²) in [5, 5.41) is 24.5. The summed E-state index contributed by atoms with van der Waals surface area (Å²) in [6.07, 6.45) is 1.30. The normalized spacial score (nSPS) is 10.6. The van der Waals surface area contributed by atoms with Crippen LogP contribution in [0.2, 0.25) is 0 Å². The number of aromatic hydroxyl groups is 1. The molecule has 0 heterocycles. The molecule has 1 amide bonds.